The minimum Gasteiger partial charge on any atom is -0.494 e. The van der Waals surface area contributed by atoms with E-state index < -0.39 is 0 Å². The quantitative estimate of drug-likeness (QED) is 0.799. The van der Waals surface area contributed by atoms with Crippen LogP contribution >= 0.6 is 0 Å². The molecule has 1 fully saturated rings. The summed E-state index contributed by atoms with van der Waals surface area (Å²) in [6, 6.07) is 8.71. The zero-order chi connectivity index (χ0) is 13.5. The maximum Gasteiger partial charge on any atom is 0.119 e. The Morgan fingerprint density at radius 3 is 2.47 bits per heavy atom. The standard InChI is InChI=1S/C15H24N2O2/c1-18-11-2-12-19-15-5-3-14(4-6-15)17-9-7-13(16)8-10-17/h3-6,13H,2,7-12,16H2,1H3. The van der Waals surface area contributed by atoms with Gasteiger partial charge in [0.2, 0.25) is 0 Å². The van der Waals surface area contributed by atoms with Gasteiger partial charge in [0, 0.05) is 45.0 Å². The Morgan fingerprint density at radius 1 is 1.16 bits per heavy atom. The monoisotopic (exact) mass is 264 g/mol. The summed E-state index contributed by atoms with van der Waals surface area (Å²) in [5.74, 6) is 0.925. The second-order valence-corrected chi connectivity index (χ2v) is 5.01. The number of rotatable bonds is 6. The molecular formula is C15H24N2O2. The fraction of sp³-hybridized carbons (Fsp3) is 0.600. The maximum absolute atomic E-state index is 5.92. The summed E-state index contributed by atoms with van der Waals surface area (Å²) in [5, 5.41) is 0. The van der Waals surface area contributed by atoms with E-state index in [-0.39, 0.29) is 0 Å². The van der Waals surface area contributed by atoms with Gasteiger partial charge in [-0.3, -0.25) is 0 Å². The van der Waals surface area contributed by atoms with E-state index in [4.69, 9.17) is 15.2 Å². The normalized spacial score (nSPS) is 16.6. The molecule has 1 aromatic rings. The van der Waals surface area contributed by atoms with Crippen LogP contribution in [0.15, 0.2) is 24.3 Å². The largest absolute Gasteiger partial charge is 0.494 e. The van der Waals surface area contributed by atoms with Gasteiger partial charge >= 0.3 is 0 Å². The van der Waals surface area contributed by atoms with Crippen molar-refractivity contribution in [1.82, 2.24) is 0 Å². The van der Waals surface area contributed by atoms with Crippen LogP contribution in [-0.4, -0.2) is 39.5 Å². The summed E-state index contributed by atoms with van der Waals surface area (Å²) < 4.78 is 10.6. The average molecular weight is 264 g/mol. The molecule has 0 saturated carbocycles. The number of nitrogens with two attached hydrogens (primary N) is 1. The van der Waals surface area contributed by atoms with Crippen LogP contribution in [0.25, 0.3) is 0 Å². The molecule has 2 N–H and O–H groups in total. The van der Waals surface area contributed by atoms with Gasteiger partial charge in [-0.15, -0.1) is 0 Å². The summed E-state index contributed by atoms with van der Waals surface area (Å²) in [6.45, 7) is 3.54. The summed E-state index contributed by atoms with van der Waals surface area (Å²) in [7, 11) is 1.71. The van der Waals surface area contributed by atoms with Crippen LogP contribution < -0.4 is 15.4 Å². The van der Waals surface area contributed by atoms with E-state index in [1.165, 1.54) is 5.69 Å². The lowest BCUT2D eigenvalue weighted by molar-refractivity contribution is 0.172. The Bertz CT molecular complexity index is 359. The third kappa shape index (κ3) is 4.40. The molecule has 1 aromatic carbocycles. The van der Waals surface area contributed by atoms with Crippen LogP contribution in [0.1, 0.15) is 19.3 Å². The minimum atomic E-state index is 0.375. The van der Waals surface area contributed by atoms with E-state index in [0.717, 1.165) is 44.7 Å². The Kier molecular flexibility index (Phi) is 5.48. The number of benzene rings is 1. The third-order valence-electron chi connectivity index (χ3n) is 3.50. The van der Waals surface area contributed by atoms with Crippen LogP contribution in [0.2, 0.25) is 0 Å². The molecule has 0 aliphatic carbocycles. The molecule has 2 rings (SSSR count). The van der Waals surface area contributed by atoms with E-state index in [1.54, 1.807) is 7.11 Å². The molecule has 0 aromatic heterocycles. The predicted molar refractivity (Wildman–Crippen MR) is 77.9 cm³/mol. The zero-order valence-electron chi connectivity index (χ0n) is 11.7. The van der Waals surface area contributed by atoms with Crippen molar-refractivity contribution in [2.24, 2.45) is 5.73 Å². The first-order valence-corrected chi connectivity index (χ1v) is 7.02. The second kappa shape index (κ2) is 7.36. The Balaban J connectivity index is 1.81. The highest BCUT2D eigenvalue weighted by Gasteiger charge is 2.16. The molecule has 4 nitrogen and oxygen atoms in total. The molecule has 1 aliphatic rings. The van der Waals surface area contributed by atoms with Crippen molar-refractivity contribution in [3.05, 3.63) is 24.3 Å². The molecule has 0 amide bonds. The highest BCUT2D eigenvalue weighted by atomic mass is 16.5. The Hall–Kier alpha value is -1.26. The molecule has 106 valence electrons. The Morgan fingerprint density at radius 2 is 1.84 bits per heavy atom. The van der Waals surface area contributed by atoms with Crippen molar-refractivity contribution in [2.75, 3.05) is 38.3 Å². The summed E-state index contributed by atoms with van der Waals surface area (Å²) in [4.78, 5) is 2.39. The number of piperidine rings is 1. The molecule has 4 heteroatoms. The summed E-state index contributed by atoms with van der Waals surface area (Å²) in [5.41, 5.74) is 7.18. The molecule has 1 saturated heterocycles. The van der Waals surface area contributed by atoms with Crippen molar-refractivity contribution < 1.29 is 9.47 Å². The van der Waals surface area contributed by atoms with E-state index in [1.807, 2.05) is 12.1 Å². The predicted octanol–water partition coefficient (Wildman–Crippen LogP) is 2.03. The number of hydrogen-bond acceptors (Lipinski definition) is 4. The van der Waals surface area contributed by atoms with Crippen LogP contribution in [0.3, 0.4) is 0 Å². The molecule has 0 spiro atoms. The van der Waals surface area contributed by atoms with Crippen molar-refractivity contribution >= 4 is 5.69 Å². The van der Waals surface area contributed by atoms with Crippen LogP contribution in [0.4, 0.5) is 5.69 Å². The minimum absolute atomic E-state index is 0.375. The van der Waals surface area contributed by atoms with Crippen molar-refractivity contribution in [3.63, 3.8) is 0 Å². The fourth-order valence-corrected chi connectivity index (χ4v) is 2.30. The summed E-state index contributed by atoms with van der Waals surface area (Å²) >= 11 is 0. The second-order valence-electron chi connectivity index (χ2n) is 5.01. The first-order chi connectivity index (χ1) is 9.29. The molecule has 19 heavy (non-hydrogen) atoms. The molecular weight excluding hydrogens is 240 g/mol. The van der Waals surface area contributed by atoms with Gasteiger partial charge in [0.1, 0.15) is 5.75 Å². The van der Waals surface area contributed by atoms with Gasteiger partial charge < -0.3 is 20.1 Å². The van der Waals surface area contributed by atoms with Gasteiger partial charge in [0.25, 0.3) is 0 Å². The van der Waals surface area contributed by atoms with Gasteiger partial charge in [0.05, 0.1) is 6.61 Å². The molecule has 0 atom stereocenters. The SMILES string of the molecule is COCCCOc1ccc(N2CCC(N)CC2)cc1. The number of methoxy groups -OCH3 is 1. The van der Waals surface area contributed by atoms with Crippen LogP contribution in [0.5, 0.6) is 5.75 Å². The third-order valence-corrected chi connectivity index (χ3v) is 3.50. The number of ether oxygens (including phenoxy) is 2. The van der Waals surface area contributed by atoms with E-state index in [2.05, 4.69) is 17.0 Å². The topological polar surface area (TPSA) is 47.7 Å². The number of hydrogen-bond donors (Lipinski definition) is 1. The van der Waals surface area contributed by atoms with E-state index in [0.29, 0.717) is 12.6 Å². The highest BCUT2D eigenvalue weighted by Crippen LogP contribution is 2.22. The molecule has 1 aliphatic heterocycles. The van der Waals surface area contributed by atoms with Gasteiger partial charge in [-0.1, -0.05) is 0 Å². The molecule has 0 bridgehead atoms. The van der Waals surface area contributed by atoms with Crippen LogP contribution in [-0.2, 0) is 4.74 Å². The molecule has 0 radical (unpaired) electrons. The fourth-order valence-electron chi connectivity index (χ4n) is 2.30. The van der Waals surface area contributed by atoms with Gasteiger partial charge in [-0.2, -0.15) is 0 Å². The molecule has 0 unspecified atom stereocenters. The maximum atomic E-state index is 5.92. The van der Waals surface area contributed by atoms with Crippen molar-refractivity contribution in [2.45, 2.75) is 25.3 Å². The lowest BCUT2D eigenvalue weighted by Crippen LogP contribution is -2.39. The van der Waals surface area contributed by atoms with Crippen molar-refractivity contribution in [3.8, 4) is 5.75 Å². The highest BCUT2D eigenvalue weighted by molar-refractivity contribution is 5.49. The van der Waals surface area contributed by atoms with Crippen molar-refractivity contribution in [1.29, 1.82) is 0 Å². The van der Waals surface area contributed by atoms with Crippen LogP contribution in [0, 0.1) is 0 Å². The lowest BCUT2D eigenvalue weighted by atomic mass is 10.1. The lowest BCUT2D eigenvalue weighted by Gasteiger charge is -2.32. The van der Waals surface area contributed by atoms with E-state index in [9.17, 15) is 0 Å². The average Bonchev–Trinajstić information content (AvgIpc) is 2.45. The first kappa shape index (κ1) is 14.2. The van der Waals surface area contributed by atoms with E-state index >= 15 is 0 Å². The van der Waals surface area contributed by atoms with Gasteiger partial charge in [-0.25, -0.2) is 0 Å². The zero-order valence-corrected chi connectivity index (χ0v) is 11.7. The Labute approximate surface area is 115 Å². The van der Waals surface area contributed by atoms with Gasteiger partial charge in [0.15, 0.2) is 0 Å². The number of anilines is 1. The number of nitrogens with zero attached hydrogens (tertiary/aromatic N) is 1. The van der Waals surface area contributed by atoms with Gasteiger partial charge in [-0.05, 0) is 37.1 Å². The molecule has 1 heterocycles. The first-order valence-electron chi connectivity index (χ1n) is 7.02. The summed E-state index contributed by atoms with van der Waals surface area (Å²) in [6.07, 6.45) is 3.08. The smallest absolute Gasteiger partial charge is 0.119 e.